The third kappa shape index (κ3) is 2.99. The van der Waals surface area contributed by atoms with Crippen LogP contribution in [0.25, 0.3) is 0 Å². The lowest BCUT2D eigenvalue weighted by Crippen LogP contribution is -2.00. The van der Waals surface area contributed by atoms with Crippen molar-refractivity contribution in [3.8, 4) is 11.5 Å². The number of nitrogens with zero attached hydrogens (tertiary/aromatic N) is 2. The lowest BCUT2D eigenvalue weighted by atomic mass is 10.3. The Balaban J connectivity index is 2.08. The van der Waals surface area contributed by atoms with E-state index in [1.807, 2.05) is 24.3 Å². The highest BCUT2D eigenvalue weighted by Gasteiger charge is 1.99. The number of aromatic nitrogens is 2. The van der Waals surface area contributed by atoms with E-state index in [0.29, 0.717) is 24.6 Å². The Bertz CT molecular complexity index is 421. The SMILES string of the molecule is NCc1ccc(Oc2ccc(CN)nc2)cn1. The van der Waals surface area contributed by atoms with E-state index in [4.69, 9.17) is 16.2 Å². The average Bonchev–Trinajstić information content (AvgIpc) is 2.40. The van der Waals surface area contributed by atoms with Gasteiger partial charge in [0.15, 0.2) is 0 Å². The minimum atomic E-state index is 0.424. The maximum atomic E-state index is 5.57. The fourth-order valence-electron chi connectivity index (χ4n) is 1.32. The third-order valence-electron chi connectivity index (χ3n) is 2.25. The predicted molar refractivity (Wildman–Crippen MR) is 64.3 cm³/mol. The second-order valence-corrected chi connectivity index (χ2v) is 3.48. The summed E-state index contributed by atoms with van der Waals surface area (Å²) in [7, 11) is 0. The van der Waals surface area contributed by atoms with E-state index < -0.39 is 0 Å². The smallest absolute Gasteiger partial charge is 0.145 e. The first-order valence-electron chi connectivity index (χ1n) is 5.29. The molecule has 88 valence electrons. The zero-order chi connectivity index (χ0) is 12.1. The van der Waals surface area contributed by atoms with E-state index in [1.165, 1.54) is 0 Å². The molecular formula is C12H14N4O. The number of hydrogen-bond donors (Lipinski definition) is 2. The van der Waals surface area contributed by atoms with Crippen LogP contribution in [0.4, 0.5) is 0 Å². The molecule has 0 aliphatic heterocycles. The zero-order valence-electron chi connectivity index (χ0n) is 9.34. The summed E-state index contributed by atoms with van der Waals surface area (Å²) in [5.74, 6) is 1.31. The van der Waals surface area contributed by atoms with Crippen LogP contribution in [-0.4, -0.2) is 9.97 Å². The van der Waals surface area contributed by atoms with Gasteiger partial charge in [-0.05, 0) is 24.3 Å². The van der Waals surface area contributed by atoms with Crippen molar-refractivity contribution in [3.05, 3.63) is 48.0 Å². The molecule has 5 nitrogen and oxygen atoms in total. The maximum Gasteiger partial charge on any atom is 0.145 e. The summed E-state index contributed by atoms with van der Waals surface area (Å²) in [6, 6.07) is 7.31. The Kier molecular flexibility index (Phi) is 3.64. The van der Waals surface area contributed by atoms with E-state index in [1.54, 1.807) is 12.4 Å². The van der Waals surface area contributed by atoms with Crippen LogP contribution >= 0.6 is 0 Å². The van der Waals surface area contributed by atoms with Gasteiger partial charge in [0.25, 0.3) is 0 Å². The number of pyridine rings is 2. The van der Waals surface area contributed by atoms with Crippen molar-refractivity contribution in [1.82, 2.24) is 9.97 Å². The van der Waals surface area contributed by atoms with Crippen molar-refractivity contribution in [2.45, 2.75) is 13.1 Å². The molecule has 0 aliphatic rings. The fourth-order valence-corrected chi connectivity index (χ4v) is 1.32. The largest absolute Gasteiger partial charge is 0.454 e. The van der Waals surface area contributed by atoms with Gasteiger partial charge in [0.1, 0.15) is 11.5 Å². The zero-order valence-corrected chi connectivity index (χ0v) is 9.34. The molecule has 0 bridgehead atoms. The minimum absolute atomic E-state index is 0.424. The van der Waals surface area contributed by atoms with Gasteiger partial charge in [-0.15, -0.1) is 0 Å². The van der Waals surface area contributed by atoms with E-state index in [-0.39, 0.29) is 0 Å². The molecule has 0 amide bonds. The first kappa shape index (κ1) is 11.5. The van der Waals surface area contributed by atoms with E-state index >= 15 is 0 Å². The Morgan fingerprint density at radius 3 is 1.59 bits per heavy atom. The fraction of sp³-hybridized carbons (Fsp3) is 0.167. The standard InChI is InChI=1S/C12H14N4O/c13-5-9-1-3-11(7-15-9)17-12-4-2-10(6-14)16-8-12/h1-4,7-8H,5-6,13-14H2. The number of ether oxygens (including phenoxy) is 1. The molecule has 4 N–H and O–H groups in total. The quantitative estimate of drug-likeness (QED) is 0.823. The van der Waals surface area contributed by atoms with Crippen molar-refractivity contribution in [2.75, 3.05) is 0 Å². The number of hydrogen-bond acceptors (Lipinski definition) is 5. The Morgan fingerprint density at radius 2 is 1.29 bits per heavy atom. The maximum absolute atomic E-state index is 5.57. The van der Waals surface area contributed by atoms with Crippen molar-refractivity contribution in [2.24, 2.45) is 11.5 Å². The van der Waals surface area contributed by atoms with Gasteiger partial charge >= 0.3 is 0 Å². The highest BCUT2D eigenvalue weighted by molar-refractivity contribution is 5.28. The van der Waals surface area contributed by atoms with Crippen molar-refractivity contribution >= 4 is 0 Å². The Labute approximate surface area is 99.5 Å². The normalized spacial score (nSPS) is 10.2. The summed E-state index contributed by atoms with van der Waals surface area (Å²) in [5, 5.41) is 0. The summed E-state index contributed by atoms with van der Waals surface area (Å²) < 4.78 is 5.57. The lowest BCUT2D eigenvalue weighted by Gasteiger charge is -2.05. The van der Waals surface area contributed by atoms with Gasteiger partial charge in [-0.2, -0.15) is 0 Å². The van der Waals surface area contributed by atoms with Crippen LogP contribution in [0, 0.1) is 0 Å². The average molecular weight is 230 g/mol. The topological polar surface area (TPSA) is 87.0 Å². The van der Waals surface area contributed by atoms with Gasteiger partial charge in [0, 0.05) is 13.1 Å². The predicted octanol–water partition coefficient (Wildman–Crippen LogP) is 1.19. The Morgan fingerprint density at radius 1 is 0.824 bits per heavy atom. The summed E-state index contributed by atoms with van der Waals surface area (Å²) in [5.41, 5.74) is 12.6. The van der Waals surface area contributed by atoms with E-state index in [0.717, 1.165) is 11.4 Å². The summed E-state index contributed by atoms with van der Waals surface area (Å²) in [6.45, 7) is 0.847. The van der Waals surface area contributed by atoms with E-state index in [2.05, 4.69) is 9.97 Å². The first-order chi connectivity index (χ1) is 8.31. The van der Waals surface area contributed by atoms with Gasteiger partial charge in [-0.3, -0.25) is 9.97 Å². The molecule has 5 heteroatoms. The molecule has 0 spiro atoms. The molecule has 0 saturated carbocycles. The van der Waals surface area contributed by atoms with Crippen LogP contribution < -0.4 is 16.2 Å². The molecule has 0 aliphatic carbocycles. The van der Waals surface area contributed by atoms with Crippen LogP contribution in [0.1, 0.15) is 11.4 Å². The van der Waals surface area contributed by atoms with Crippen LogP contribution in [0.3, 0.4) is 0 Å². The van der Waals surface area contributed by atoms with Gasteiger partial charge in [0.2, 0.25) is 0 Å². The van der Waals surface area contributed by atoms with Gasteiger partial charge in [-0.25, -0.2) is 0 Å². The molecule has 2 aromatic rings. The molecule has 0 unspecified atom stereocenters. The van der Waals surface area contributed by atoms with E-state index in [9.17, 15) is 0 Å². The minimum Gasteiger partial charge on any atom is -0.454 e. The van der Waals surface area contributed by atoms with Gasteiger partial charge < -0.3 is 16.2 Å². The van der Waals surface area contributed by atoms with Crippen LogP contribution in [0.15, 0.2) is 36.7 Å². The second kappa shape index (κ2) is 5.38. The number of rotatable bonds is 4. The molecule has 2 rings (SSSR count). The molecular weight excluding hydrogens is 216 g/mol. The lowest BCUT2D eigenvalue weighted by molar-refractivity contribution is 0.477. The molecule has 0 aromatic carbocycles. The Hall–Kier alpha value is -1.98. The number of nitrogens with two attached hydrogens (primary N) is 2. The molecule has 2 heterocycles. The molecule has 0 radical (unpaired) electrons. The first-order valence-corrected chi connectivity index (χ1v) is 5.29. The highest BCUT2D eigenvalue weighted by Crippen LogP contribution is 2.19. The third-order valence-corrected chi connectivity index (χ3v) is 2.25. The highest BCUT2D eigenvalue weighted by atomic mass is 16.5. The molecule has 2 aromatic heterocycles. The van der Waals surface area contributed by atoms with Crippen molar-refractivity contribution in [1.29, 1.82) is 0 Å². The van der Waals surface area contributed by atoms with Gasteiger partial charge in [0.05, 0.1) is 23.8 Å². The van der Waals surface area contributed by atoms with Crippen LogP contribution in [-0.2, 0) is 13.1 Å². The van der Waals surface area contributed by atoms with Crippen LogP contribution in [0.2, 0.25) is 0 Å². The van der Waals surface area contributed by atoms with Crippen LogP contribution in [0.5, 0.6) is 11.5 Å². The second-order valence-electron chi connectivity index (χ2n) is 3.48. The summed E-state index contributed by atoms with van der Waals surface area (Å²) in [6.07, 6.45) is 3.28. The molecule has 17 heavy (non-hydrogen) atoms. The molecule has 0 saturated heterocycles. The summed E-state index contributed by atoms with van der Waals surface area (Å²) >= 11 is 0. The van der Waals surface area contributed by atoms with Crippen molar-refractivity contribution < 1.29 is 4.74 Å². The van der Waals surface area contributed by atoms with Gasteiger partial charge in [-0.1, -0.05) is 0 Å². The monoisotopic (exact) mass is 230 g/mol. The molecule has 0 fully saturated rings. The van der Waals surface area contributed by atoms with Crippen molar-refractivity contribution in [3.63, 3.8) is 0 Å². The molecule has 0 atom stereocenters. The summed E-state index contributed by atoms with van der Waals surface area (Å²) in [4.78, 5) is 8.27.